The van der Waals surface area contributed by atoms with Crippen molar-refractivity contribution in [2.45, 2.75) is 123 Å². The van der Waals surface area contributed by atoms with E-state index in [1.165, 1.54) is 103 Å². The van der Waals surface area contributed by atoms with Crippen molar-refractivity contribution >= 4 is 0 Å². The molecule has 3 rings (SSSR count). The molecule has 2 unspecified atom stereocenters. The molecular formula is C27H48O. The van der Waals surface area contributed by atoms with Crippen LogP contribution in [0.1, 0.15) is 117 Å². The van der Waals surface area contributed by atoms with Crippen LogP contribution in [0.2, 0.25) is 0 Å². The number of unbranched alkanes of at least 4 members (excludes halogenated alkanes) is 2. The van der Waals surface area contributed by atoms with E-state index in [2.05, 4.69) is 26.0 Å². The Morgan fingerprint density at radius 2 is 1.29 bits per heavy atom. The molecule has 0 aromatic heterocycles. The Bertz CT molecular complexity index is 426. The molecule has 0 aromatic rings. The molecule has 0 aliphatic heterocycles. The summed E-state index contributed by atoms with van der Waals surface area (Å²) in [6, 6.07) is 0. The number of allylic oxidation sites excluding steroid dienone is 1. The van der Waals surface area contributed by atoms with Gasteiger partial charge in [-0.1, -0.05) is 70.9 Å². The first-order valence-electron chi connectivity index (χ1n) is 13.1. The van der Waals surface area contributed by atoms with Gasteiger partial charge in [0.2, 0.25) is 0 Å². The summed E-state index contributed by atoms with van der Waals surface area (Å²) >= 11 is 0. The van der Waals surface area contributed by atoms with Gasteiger partial charge in [0.05, 0.1) is 12.7 Å². The van der Waals surface area contributed by atoms with Crippen LogP contribution in [0.25, 0.3) is 0 Å². The van der Waals surface area contributed by atoms with Crippen LogP contribution in [-0.4, -0.2) is 12.7 Å². The molecule has 2 atom stereocenters. The molecule has 0 N–H and O–H groups in total. The minimum Gasteiger partial charge on any atom is -0.378 e. The highest BCUT2D eigenvalue weighted by Gasteiger charge is 2.31. The van der Waals surface area contributed by atoms with E-state index in [1.807, 2.05) is 0 Å². The van der Waals surface area contributed by atoms with Crippen molar-refractivity contribution in [3.05, 3.63) is 12.2 Å². The van der Waals surface area contributed by atoms with Crippen molar-refractivity contribution in [2.75, 3.05) is 6.61 Å². The quantitative estimate of drug-likeness (QED) is 0.270. The van der Waals surface area contributed by atoms with Crippen molar-refractivity contribution in [3.63, 3.8) is 0 Å². The predicted molar refractivity (Wildman–Crippen MR) is 122 cm³/mol. The monoisotopic (exact) mass is 388 g/mol. The first-order valence-corrected chi connectivity index (χ1v) is 13.1. The Kier molecular flexibility index (Phi) is 9.92. The maximum Gasteiger partial charge on any atom is 0.0575 e. The third-order valence-electron chi connectivity index (χ3n) is 8.26. The fourth-order valence-electron chi connectivity index (χ4n) is 6.30. The lowest BCUT2D eigenvalue weighted by Crippen LogP contribution is -2.29. The molecule has 3 aliphatic rings. The van der Waals surface area contributed by atoms with Gasteiger partial charge in [0.25, 0.3) is 0 Å². The Labute approximate surface area is 176 Å². The van der Waals surface area contributed by atoms with Gasteiger partial charge in [0, 0.05) is 5.92 Å². The summed E-state index contributed by atoms with van der Waals surface area (Å²) < 4.78 is 6.37. The third kappa shape index (κ3) is 7.19. The van der Waals surface area contributed by atoms with Crippen molar-refractivity contribution in [3.8, 4) is 0 Å². The zero-order chi connectivity index (χ0) is 19.6. The molecule has 162 valence electrons. The average Bonchev–Trinajstić information content (AvgIpc) is 2.75. The molecule has 2 saturated carbocycles. The zero-order valence-electron chi connectivity index (χ0n) is 19.0. The van der Waals surface area contributed by atoms with Gasteiger partial charge in [-0.25, -0.2) is 0 Å². The van der Waals surface area contributed by atoms with Crippen LogP contribution in [-0.2, 0) is 4.74 Å². The molecule has 0 radical (unpaired) electrons. The summed E-state index contributed by atoms with van der Waals surface area (Å²) in [6.45, 7) is 5.61. The van der Waals surface area contributed by atoms with E-state index < -0.39 is 0 Å². The minimum absolute atomic E-state index is 0.559. The molecule has 0 amide bonds. The van der Waals surface area contributed by atoms with E-state index in [-0.39, 0.29) is 0 Å². The Hall–Kier alpha value is -0.300. The number of hydrogen-bond donors (Lipinski definition) is 0. The van der Waals surface area contributed by atoms with Crippen molar-refractivity contribution in [1.29, 1.82) is 0 Å². The van der Waals surface area contributed by atoms with Crippen LogP contribution in [0, 0.1) is 29.6 Å². The number of hydrogen-bond acceptors (Lipinski definition) is 1. The molecule has 0 spiro atoms. The maximum absolute atomic E-state index is 6.37. The predicted octanol–water partition coefficient (Wildman–Crippen LogP) is 8.33. The van der Waals surface area contributed by atoms with Gasteiger partial charge in [0.15, 0.2) is 0 Å². The van der Waals surface area contributed by atoms with Crippen LogP contribution in [0.4, 0.5) is 0 Å². The summed E-state index contributed by atoms with van der Waals surface area (Å²) in [4.78, 5) is 0. The van der Waals surface area contributed by atoms with E-state index >= 15 is 0 Å². The second-order valence-electron chi connectivity index (χ2n) is 10.4. The van der Waals surface area contributed by atoms with E-state index in [9.17, 15) is 0 Å². The summed E-state index contributed by atoms with van der Waals surface area (Å²) in [5.74, 6) is 4.65. The van der Waals surface area contributed by atoms with Gasteiger partial charge >= 0.3 is 0 Å². The normalized spacial score (nSPS) is 36.5. The second kappa shape index (κ2) is 12.4. The molecule has 0 aromatic carbocycles. The van der Waals surface area contributed by atoms with Gasteiger partial charge in [-0.05, 0) is 81.5 Å². The van der Waals surface area contributed by atoms with Crippen LogP contribution in [0.3, 0.4) is 0 Å². The molecular weight excluding hydrogens is 340 g/mol. The van der Waals surface area contributed by atoms with Gasteiger partial charge in [0.1, 0.15) is 0 Å². The summed E-state index contributed by atoms with van der Waals surface area (Å²) in [6.07, 6.45) is 28.4. The lowest BCUT2D eigenvalue weighted by Gasteiger charge is -2.38. The van der Waals surface area contributed by atoms with Crippen LogP contribution in [0.5, 0.6) is 0 Å². The number of rotatable bonds is 10. The molecule has 0 saturated heterocycles. The summed E-state index contributed by atoms with van der Waals surface area (Å²) in [5.41, 5.74) is 0. The Morgan fingerprint density at radius 1 is 0.643 bits per heavy atom. The Balaban J connectivity index is 1.27. The summed E-state index contributed by atoms with van der Waals surface area (Å²) in [7, 11) is 0. The highest BCUT2D eigenvalue weighted by atomic mass is 16.5. The molecule has 3 aliphatic carbocycles. The highest BCUT2D eigenvalue weighted by Crippen LogP contribution is 2.41. The van der Waals surface area contributed by atoms with Gasteiger partial charge in [-0.15, -0.1) is 0 Å². The van der Waals surface area contributed by atoms with Gasteiger partial charge in [-0.2, -0.15) is 0 Å². The van der Waals surface area contributed by atoms with Gasteiger partial charge < -0.3 is 4.74 Å². The fraction of sp³-hybridized carbons (Fsp3) is 0.926. The van der Waals surface area contributed by atoms with Crippen molar-refractivity contribution < 1.29 is 4.74 Å². The van der Waals surface area contributed by atoms with Crippen molar-refractivity contribution in [2.24, 2.45) is 29.6 Å². The lowest BCUT2D eigenvalue weighted by atomic mass is 9.70. The first-order chi connectivity index (χ1) is 13.8. The highest BCUT2D eigenvalue weighted by molar-refractivity contribution is 4.98. The third-order valence-corrected chi connectivity index (χ3v) is 8.26. The molecule has 2 fully saturated rings. The molecule has 28 heavy (non-hydrogen) atoms. The number of ether oxygens (including phenoxy) is 1. The molecule has 0 bridgehead atoms. The maximum atomic E-state index is 6.37. The van der Waals surface area contributed by atoms with Crippen LogP contribution in [0.15, 0.2) is 12.2 Å². The van der Waals surface area contributed by atoms with Crippen molar-refractivity contribution in [1.82, 2.24) is 0 Å². The topological polar surface area (TPSA) is 9.23 Å². The molecule has 1 heteroatoms. The largest absolute Gasteiger partial charge is 0.378 e. The molecule has 1 nitrogen and oxygen atoms in total. The smallest absolute Gasteiger partial charge is 0.0575 e. The first kappa shape index (κ1) is 22.4. The van der Waals surface area contributed by atoms with Gasteiger partial charge in [-0.3, -0.25) is 0 Å². The standard InChI is InChI=1S/C27H48O/c1-3-5-6-8-23-13-15-25(16-14-23)26-17-19-27(20-18-26)28-21-24-11-9-22(7-4-2)10-12-24/h9,11,22-27H,3-8,10,12-21H2,1-2H3. The van der Waals surface area contributed by atoms with E-state index in [4.69, 9.17) is 4.74 Å². The average molecular weight is 389 g/mol. The second-order valence-corrected chi connectivity index (χ2v) is 10.4. The van der Waals surface area contributed by atoms with E-state index in [0.717, 1.165) is 30.3 Å². The van der Waals surface area contributed by atoms with E-state index in [1.54, 1.807) is 0 Å². The SMILES string of the molecule is CCCCCC1CCC(C2CCC(OCC3C=CC(CCC)CC3)CC2)CC1. The summed E-state index contributed by atoms with van der Waals surface area (Å²) in [5, 5.41) is 0. The van der Waals surface area contributed by atoms with Crippen LogP contribution >= 0.6 is 0 Å². The van der Waals surface area contributed by atoms with Crippen LogP contribution < -0.4 is 0 Å². The minimum atomic E-state index is 0.559. The fourth-order valence-corrected chi connectivity index (χ4v) is 6.30. The lowest BCUT2D eigenvalue weighted by molar-refractivity contribution is -0.00564. The Morgan fingerprint density at radius 3 is 1.89 bits per heavy atom. The molecule has 0 heterocycles. The van der Waals surface area contributed by atoms with E-state index in [0.29, 0.717) is 12.0 Å². The zero-order valence-corrected chi connectivity index (χ0v) is 19.0.